The predicted molar refractivity (Wildman–Crippen MR) is 94.8 cm³/mol. The highest BCUT2D eigenvalue weighted by Crippen LogP contribution is 2.22. The summed E-state index contributed by atoms with van der Waals surface area (Å²) < 4.78 is 5.78. The molecule has 124 valence electrons. The van der Waals surface area contributed by atoms with Crippen LogP contribution in [-0.2, 0) is 6.61 Å². The number of piperazine rings is 1. The highest BCUT2D eigenvalue weighted by molar-refractivity contribution is 6.30. The lowest BCUT2D eigenvalue weighted by Gasteiger charge is -2.28. The number of aromatic amines is 1. The molecular formula is C17H18ClN5O. The Morgan fingerprint density at radius 1 is 1.08 bits per heavy atom. The van der Waals surface area contributed by atoms with Crippen molar-refractivity contribution in [3.05, 3.63) is 47.1 Å². The number of rotatable bonds is 4. The lowest BCUT2D eigenvalue weighted by Crippen LogP contribution is -2.43. The monoisotopic (exact) mass is 343 g/mol. The van der Waals surface area contributed by atoms with Crippen LogP contribution in [0.2, 0.25) is 5.02 Å². The Morgan fingerprint density at radius 3 is 2.67 bits per heavy atom. The molecule has 4 rings (SSSR count). The van der Waals surface area contributed by atoms with E-state index in [1.165, 1.54) is 0 Å². The molecule has 0 bridgehead atoms. The van der Waals surface area contributed by atoms with Gasteiger partial charge in [-0.2, -0.15) is 5.10 Å². The summed E-state index contributed by atoms with van der Waals surface area (Å²) in [6.45, 7) is 4.32. The Morgan fingerprint density at radius 2 is 1.88 bits per heavy atom. The maximum Gasteiger partial charge on any atom is 0.183 e. The molecule has 0 radical (unpaired) electrons. The molecule has 1 aliphatic heterocycles. The van der Waals surface area contributed by atoms with Crippen LogP contribution in [-0.4, -0.2) is 41.4 Å². The van der Waals surface area contributed by atoms with Gasteiger partial charge in [-0.25, -0.2) is 4.98 Å². The molecule has 1 fully saturated rings. The van der Waals surface area contributed by atoms with Gasteiger partial charge in [-0.05, 0) is 36.4 Å². The number of hydrogen-bond donors (Lipinski definition) is 2. The van der Waals surface area contributed by atoms with Gasteiger partial charge in [0, 0.05) is 36.6 Å². The summed E-state index contributed by atoms with van der Waals surface area (Å²) >= 11 is 5.88. The molecule has 0 spiro atoms. The minimum absolute atomic E-state index is 0.410. The smallest absolute Gasteiger partial charge is 0.183 e. The van der Waals surface area contributed by atoms with Crippen LogP contribution < -0.4 is 15.0 Å². The fraction of sp³-hybridized carbons (Fsp3) is 0.294. The van der Waals surface area contributed by atoms with Crippen LogP contribution in [0, 0.1) is 0 Å². The van der Waals surface area contributed by atoms with Gasteiger partial charge < -0.3 is 15.0 Å². The summed E-state index contributed by atoms with van der Waals surface area (Å²) in [4.78, 5) is 6.94. The quantitative estimate of drug-likeness (QED) is 0.762. The number of halogens is 1. The summed E-state index contributed by atoms with van der Waals surface area (Å²) in [5.41, 5.74) is 1.64. The van der Waals surface area contributed by atoms with Crippen LogP contribution in [0.3, 0.4) is 0 Å². The molecule has 2 N–H and O–H groups in total. The zero-order valence-corrected chi connectivity index (χ0v) is 13.9. The average molecular weight is 344 g/mol. The second-order valence-corrected chi connectivity index (χ2v) is 6.16. The lowest BCUT2D eigenvalue weighted by molar-refractivity contribution is 0.302. The summed E-state index contributed by atoms with van der Waals surface area (Å²) in [6, 6.07) is 11.4. The summed E-state index contributed by atoms with van der Waals surface area (Å²) in [6.07, 6.45) is 0. The Labute approximate surface area is 144 Å². The van der Waals surface area contributed by atoms with E-state index in [9.17, 15) is 0 Å². The van der Waals surface area contributed by atoms with Crippen LogP contribution >= 0.6 is 11.6 Å². The van der Waals surface area contributed by atoms with Crippen molar-refractivity contribution in [3.8, 4) is 5.75 Å². The fourth-order valence-electron chi connectivity index (χ4n) is 2.81. The minimum atomic E-state index is 0.410. The molecule has 2 aromatic heterocycles. The maximum atomic E-state index is 5.88. The van der Waals surface area contributed by atoms with Gasteiger partial charge in [0.15, 0.2) is 5.65 Å². The number of nitrogens with one attached hydrogen (secondary N) is 2. The van der Waals surface area contributed by atoms with E-state index in [1.807, 2.05) is 24.3 Å². The standard InChI is InChI=1S/C17H18ClN5O/c18-12-1-3-13(4-2-12)24-11-15-14-5-6-16(20-17(14)22-21-15)23-9-7-19-8-10-23/h1-6,19H,7-11H2,(H,20,21,22). The third-order valence-corrected chi connectivity index (χ3v) is 4.37. The van der Waals surface area contributed by atoms with Gasteiger partial charge in [0.1, 0.15) is 18.2 Å². The zero-order valence-electron chi connectivity index (χ0n) is 13.1. The van der Waals surface area contributed by atoms with Crippen molar-refractivity contribution >= 4 is 28.5 Å². The Balaban J connectivity index is 1.51. The van der Waals surface area contributed by atoms with Crippen molar-refractivity contribution < 1.29 is 4.74 Å². The molecule has 6 nitrogen and oxygen atoms in total. The van der Waals surface area contributed by atoms with Gasteiger partial charge in [-0.1, -0.05) is 11.6 Å². The zero-order chi connectivity index (χ0) is 16.4. The van der Waals surface area contributed by atoms with Crippen LogP contribution in [0.5, 0.6) is 5.75 Å². The molecule has 1 saturated heterocycles. The van der Waals surface area contributed by atoms with E-state index in [-0.39, 0.29) is 0 Å². The van der Waals surface area contributed by atoms with E-state index in [0.29, 0.717) is 11.6 Å². The van der Waals surface area contributed by atoms with E-state index >= 15 is 0 Å². The van der Waals surface area contributed by atoms with Gasteiger partial charge in [-0.15, -0.1) is 0 Å². The normalized spacial score (nSPS) is 15.0. The molecule has 0 atom stereocenters. The Kier molecular flexibility index (Phi) is 4.23. The topological polar surface area (TPSA) is 66.1 Å². The van der Waals surface area contributed by atoms with Crippen LogP contribution in [0.15, 0.2) is 36.4 Å². The first-order valence-corrected chi connectivity index (χ1v) is 8.35. The molecule has 7 heteroatoms. The maximum absolute atomic E-state index is 5.88. The van der Waals surface area contributed by atoms with E-state index in [1.54, 1.807) is 0 Å². The number of benzene rings is 1. The number of pyridine rings is 1. The third kappa shape index (κ3) is 3.16. The lowest BCUT2D eigenvalue weighted by atomic mass is 10.2. The largest absolute Gasteiger partial charge is 0.487 e. The van der Waals surface area contributed by atoms with Crippen molar-refractivity contribution in [1.82, 2.24) is 20.5 Å². The second-order valence-electron chi connectivity index (χ2n) is 5.72. The van der Waals surface area contributed by atoms with Crippen LogP contribution in [0.4, 0.5) is 5.82 Å². The first-order chi connectivity index (χ1) is 11.8. The first-order valence-electron chi connectivity index (χ1n) is 7.97. The van der Waals surface area contributed by atoms with Gasteiger partial charge in [-0.3, -0.25) is 5.10 Å². The van der Waals surface area contributed by atoms with Crippen molar-refractivity contribution in [2.75, 3.05) is 31.1 Å². The SMILES string of the molecule is Clc1ccc(OCc2[nH]nc3nc(N4CCNCC4)ccc23)cc1. The second kappa shape index (κ2) is 6.67. The Hall–Kier alpha value is -2.31. The Bertz CT molecular complexity index is 827. The number of ether oxygens (including phenoxy) is 1. The predicted octanol–water partition coefficient (Wildman–Crippen LogP) is 2.60. The fourth-order valence-corrected chi connectivity index (χ4v) is 2.93. The molecular weight excluding hydrogens is 326 g/mol. The van der Waals surface area contributed by atoms with E-state index in [0.717, 1.165) is 54.5 Å². The highest BCUT2D eigenvalue weighted by atomic mass is 35.5. The molecule has 0 unspecified atom stereocenters. The van der Waals surface area contributed by atoms with Crippen LogP contribution in [0.1, 0.15) is 5.69 Å². The van der Waals surface area contributed by atoms with Gasteiger partial charge >= 0.3 is 0 Å². The van der Waals surface area contributed by atoms with Crippen LogP contribution in [0.25, 0.3) is 11.0 Å². The number of anilines is 1. The summed E-state index contributed by atoms with van der Waals surface area (Å²) in [7, 11) is 0. The molecule has 1 aliphatic rings. The molecule has 3 aromatic rings. The summed E-state index contributed by atoms with van der Waals surface area (Å²) in [5, 5.41) is 12.4. The average Bonchev–Trinajstić information content (AvgIpc) is 3.04. The van der Waals surface area contributed by atoms with Gasteiger partial charge in [0.05, 0.1) is 5.69 Å². The third-order valence-electron chi connectivity index (χ3n) is 4.12. The van der Waals surface area contributed by atoms with E-state index < -0.39 is 0 Å². The molecule has 0 amide bonds. The highest BCUT2D eigenvalue weighted by Gasteiger charge is 2.14. The molecule has 0 saturated carbocycles. The first kappa shape index (κ1) is 15.2. The van der Waals surface area contributed by atoms with Crippen molar-refractivity contribution in [3.63, 3.8) is 0 Å². The van der Waals surface area contributed by atoms with E-state index in [2.05, 4.69) is 37.5 Å². The molecule has 24 heavy (non-hydrogen) atoms. The van der Waals surface area contributed by atoms with Gasteiger partial charge in [0.25, 0.3) is 0 Å². The molecule has 0 aliphatic carbocycles. The minimum Gasteiger partial charge on any atom is -0.487 e. The van der Waals surface area contributed by atoms with Crippen molar-refractivity contribution in [1.29, 1.82) is 0 Å². The molecule has 3 heterocycles. The molecule has 1 aromatic carbocycles. The number of aromatic nitrogens is 3. The summed E-state index contributed by atoms with van der Waals surface area (Å²) in [5.74, 6) is 1.74. The van der Waals surface area contributed by atoms with Crippen molar-refractivity contribution in [2.45, 2.75) is 6.61 Å². The number of H-pyrrole nitrogens is 1. The number of hydrogen-bond acceptors (Lipinski definition) is 5. The van der Waals surface area contributed by atoms with E-state index in [4.69, 9.17) is 16.3 Å². The van der Waals surface area contributed by atoms with Gasteiger partial charge in [0.2, 0.25) is 0 Å². The van der Waals surface area contributed by atoms with Crippen molar-refractivity contribution in [2.24, 2.45) is 0 Å². The number of fused-ring (bicyclic) bond motifs is 1. The number of nitrogens with zero attached hydrogens (tertiary/aromatic N) is 3.